The molecule has 1 aromatic carbocycles. The Morgan fingerprint density at radius 2 is 1.95 bits per heavy atom. The largest absolute Gasteiger partial charge is 0.493 e. The van der Waals surface area contributed by atoms with Gasteiger partial charge in [-0.2, -0.15) is 0 Å². The third-order valence-electron chi connectivity index (χ3n) is 2.73. The van der Waals surface area contributed by atoms with Crippen LogP contribution in [0.25, 0.3) is 0 Å². The van der Waals surface area contributed by atoms with E-state index in [0.29, 0.717) is 31.0 Å². The molecular formula is C14H20N2O2S. The number of nitrogens with two attached hydrogens (primary N) is 1. The van der Waals surface area contributed by atoms with Crippen molar-refractivity contribution in [2.75, 3.05) is 20.2 Å². The van der Waals surface area contributed by atoms with Gasteiger partial charge in [-0.25, -0.2) is 0 Å². The molecule has 0 heterocycles. The molecule has 2 N–H and O–H groups in total. The highest BCUT2D eigenvalue weighted by Crippen LogP contribution is 2.11. The Labute approximate surface area is 119 Å². The van der Waals surface area contributed by atoms with Crippen LogP contribution in [-0.2, 0) is 4.79 Å². The molecule has 5 heteroatoms. The lowest BCUT2D eigenvalue weighted by molar-refractivity contribution is -0.130. The average molecular weight is 280 g/mol. The summed E-state index contributed by atoms with van der Waals surface area (Å²) in [4.78, 5) is 13.8. The maximum Gasteiger partial charge on any atom is 0.225 e. The van der Waals surface area contributed by atoms with Gasteiger partial charge in [-0.3, -0.25) is 4.79 Å². The molecule has 104 valence electrons. The first-order chi connectivity index (χ1) is 8.99. The number of hydrogen-bond acceptors (Lipinski definition) is 3. The number of amides is 1. The van der Waals surface area contributed by atoms with Gasteiger partial charge >= 0.3 is 0 Å². The van der Waals surface area contributed by atoms with Gasteiger partial charge in [0, 0.05) is 20.0 Å². The third kappa shape index (κ3) is 6.20. The fraction of sp³-hybridized carbons (Fsp3) is 0.429. The Hall–Kier alpha value is -1.62. The quantitative estimate of drug-likeness (QED) is 0.775. The molecule has 0 aliphatic carbocycles. The monoisotopic (exact) mass is 280 g/mol. The normalized spacial score (nSPS) is 10.0. The molecule has 1 aromatic rings. The van der Waals surface area contributed by atoms with Gasteiger partial charge in [0.1, 0.15) is 5.75 Å². The van der Waals surface area contributed by atoms with Crippen LogP contribution in [0.5, 0.6) is 5.75 Å². The minimum absolute atomic E-state index is 0.0309. The fourth-order valence-electron chi connectivity index (χ4n) is 1.48. The van der Waals surface area contributed by atoms with Crippen molar-refractivity contribution in [2.24, 2.45) is 5.73 Å². The smallest absolute Gasteiger partial charge is 0.225 e. The number of thiocarbonyl (C=S) groups is 1. The number of ether oxygens (including phenoxy) is 1. The Kier molecular flexibility index (Phi) is 6.29. The molecule has 1 rings (SSSR count). The summed E-state index contributed by atoms with van der Waals surface area (Å²) >= 11 is 4.78. The minimum atomic E-state index is 0.0309. The molecule has 0 fully saturated rings. The van der Waals surface area contributed by atoms with Gasteiger partial charge in [-0.1, -0.05) is 29.9 Å². The molecule has 0 spiro atoms. The van der Waals surface area contributed by atoms with Crippen LogP contribution in [-0.4, -0.2) is 36.0 Å². The van der Waals surface area contributed by atoms with Crippen molar-refractivity contribution in [3.63, 3.8) is 0 Å². The van der Waals surface area contributed by atoms with E-state index in [4.69, 9.17) is 22.7 Å². The number of hydrogen-bond donors (Lipinski definition) is 1. The number of carbonyl (C=O) groups is 1. The molecule has 0 aliphatic heterocycles. The van der Waals surface area contributed by atoms with Crippen molar-refractivity contribution < 1.29 is 9.53 Å². The summed E-state index contributed by atoms with van der Waals surface area (Å²) in [6.07, 6.45) is 0.901. The van der Waals surface area contributed by atoms with Gasteiger partial charge in [0.25, 0.3) is 0 Å². The van der Waals surface area contributed by atoms with Crippen LogP contribution in [0.4, 0.5) is 0 Å². The van der Waals surface area contributed by atoms with E-state index in [9.17, 15) is 4.79 Å². The zero-order valence-corrected chi connectivity index (χ0v) is 12.2. The van der Waals surface area contributed by atoms with Crippen molar-refractivity contribution in [3.05, 3.63) is 29.8 Å². The standard InChI is InChI=1S/C14H20N2O2S/c1-11-3-5-12(6-4-11)18-10-8-14(17)16(2)9-7-13(15)19/h3-6H,7-10H2,1-2H3,(H2,15,19). The molecule has 0 unspecified atom stereocenters. The van der Waals surface area contributed by atoms with Crippen LogP contribution < -0.4 is 10.5 Å². The van der Waals surface area contributed by atoms with E-state index >= 15 is 0 Å². The van der Waals surface area contributed by atoms with Crippen LogP contribution in [0, 0.1) is 6.92 Å². The van der Waals surface area contributed by atoms with E-state index in [1.165, 1.54) is 5.56 Å². The zero-order chi connectivity index (χ0) is 14.3. The summed E-state index contributed by atoms with van der Waals surface area (Å²) in [6, 6.07) is 7.75. The molecule has 0 aromatic heterocycles. The van der Waals surface area contributed by atoms with Crippen LogP contribution in [0.1, 0.15) is 18.4 Å². The lowest BCUT2D eigenvalue weighted by atomic mass is 10.2. The summed E-state index contributed by atoms with van der Waals surface area (Å²) in [5.41, 5.74) is 6.58. The fourth-order valence-corrected chi connectivity index (χ4v) is 1.58. The van der Waals surface area contributed by atoms with Gasteiger partial charge in [-0.15, -0.1) is 0 Å². The second-order valence-electron chi connectivity index (χ2n) is 4.44. The first-order valence-corrected chi connectivity index (χ1v) is 6.61. The van der Waals surface area contributed by atoms with E-state index in [1.807, 2.05) is 31.2 Å². The predicted octanol–water partition coefficient (Wildman–Crippen LogP) is 1.90. The average Bonchev–Trinajstić information content (AvgIpc) is 2.38. The highest BCUT2D eigenvalue weighted by atomic mass is 32.1. The highest BCUT2D eigenvalue weighted by Gasteiger charge is 2.08. The highest BCUT2D eigenvalue weighted by molar-refractivity contribution is 7.80. The molecule has 0 saturated carbocycles. The van der Waals surface area contributed by atoms with Gasteiger partial charge in [0.05, 0.1) is 18.0 Å². The Morgan fingerprint density at radius 1 is 1.32 bits per heavy atom. The molecule has 4 nitrogen and oxygen atoms in total. The number of rotatable bonds is 7. The second kappa shape index (κ2) is 7.74. The summed E-state index contributed by atoms with van der Waals surface area (Å²) < 4.78 is 5.51. The second-order valence-corrected chi connectivity index (χ2v) is 4.97. The van der Waals surface area contributed by atoms with Crippen LogP contribution in [0.2, 0.25) is 0 Å². The maximum absolute atomic E-state index is 11.8. The topological polar surface area (TPSA) is 55.6 Å². The lowest BCUT2D eigenvalue weighted by Gasteiger charge is -2.16. The first kappa shape index (κ1) is 15.4. The van der Waals surface area contributed by atoms with E-state index in [-0.39, 0.29) is 5.91 Å². The van der Waals surface area contributed by atoms with Crippen molar-refractivity contribution in [1.82, 2.24) is 4.90 Å². The van der Waals surface area contributed by atoms with E-state index in [2.05, 4.69) is 0 Å². The Morgan fingerprint density at radius 3 is 2.53 bits per heavy atom. The molecule has 1 amide bonds. The summed E-state index contributed by atoms with van der Waals surface area (Å²) in [5, 5.41) is 0. The molecule has 0 aliphatic rings. The SMILES string of the molecule is Cc1ccc(OCCC(=O)N(C)CCC(N)=S)cc1. The minimum Gasteiger partial charge on any atom is -0.493 e. The van der Waals surface area contributed by atoms with Crippen molar-refractivity contribution in [1.29, 1.82) is 0 Å². The van der Waals surface area contributed by atoms with Crippen LogP contribution >= 0.6 is 12.2 Å². The summed E-state index contributed by atoms with van der Waals surface area (Å²) in [7, 11) is 1.74. The Bertz CT molecular complexity index is 432. The lowest BCUT2D eigenvalue weighted by Crippen LogP contribution is -2.30. The van der Waals surface area contributed by atoms with Gasteiger partial charge in [0.15, 0.2) is 0 Å². The molecule has 0 saturated heterocycles. The van der Waals surface area contributed by atoms with Crippen molar-refractivity contribution >= 4 is 23.1 Å². The van der Waals surface area contributed by atoms with Crippen molar-refractivity contribution in [3.8, 4) is 5.75 Å². The number of carbonyl (C=O) groups excluding carboxylic acids is 1. The number of benzene rings is 1. The molecule has 19 heavy (non-hydrogen) atoms. The van der Waals surface area contributed by atoms with Crippen LogP contribution in [0.3, 0.4) is 0 Å². The van der Waals surface area contributed by atoms with Crippen LogP contribution in [0.15, 0.2) is 24.3 Å². The van der Waals surface area contributed by atoms with Gasteiger partial charge in [-0.05, 0) is 19.1 Å². The summed E-state index contributed by atoms with van der Waals surface area (Å²) in [6.45, 7) is 2.95. The van der Waals surface area contributed by atoms with E-state index < -0.39 is 0 Å². The molecule has 0 atom stereocenters. The molecule has 0 bridgehead atoms. The number of aryl methyl sites for hydroxylation is 1. The van der Waals surface area contributed by atoms with E-state index in [0.717, 1.165) is 5.75 Å². The van der Waals surface area contributed by atoms with Gasteiger partial charge < -0.3 is 15.4 Å². The van der Waals surface area contributed by atoms with Crippen molar-refractivity contribution in [2.45, 2.75) is 19.8 Å². The Balaban J connectivity index is 2.26. The zero-order valence-electron chi connectivity index (χ0n) is 11.4. The number of nitrogens with zero attached hydrogens (tertiary/aromatic N) is 1. The first-order valence-electron chi connectivity index (χ1n) is 6.21. The maximum atomic E-state index is 11.8. The van der Waals surface area contributed by atoms with E-state index in [1.54, 1.807) is 11.9 Å². The third-order valence-corrected chi connectivity index (χ3v) is 2.93. The van der Waals surface area contributed by atoms with Gasteiger partial charge in [0.2, 0.25) is 5.91 Å². The molecule has 0 radical (unpaired) electrons. The predicted molar refractivity (Wildman–Crippen MR) is 80.3 cm³/mol. The molecular weight excluding hydrogens is 260 g/mol. The summed E-state index contributed by atoms with van der Waals surface area (Å²) in [5.74, 6) is 0.813.